The Bertz CT molecular complexity index is 784. The van der Waals surface area contributed by atoms with Gasteiger partial charge in [-0.3, -0.25) is 9.59 Å². The molecular formula is C22H26N2O3. The Morgan fingerprint density at radius 2 is 1.67 bits per heavy atom. The Labute approximate surface area is 160 Å². The molecule has 27 heavy (non-hydrogen) atoms. The SMILES string of the molecule is CCCc1ccc(C(=O)N2CCN(Cc3ccc(OC)cc3)C(=O)C2)cc1. The van der Waals surface area contributed by atoms with Gasteiger partial charge in [0.05, 0.1) is 7.11 Å². The molecule has 0 aromatic heterocycles. The molecule has 142 valence electrons. The molecule has 5 heteroatoms. The monoisotopic (exact) mass is 366 g/mol. The summed E-state index contributed by atoms with van der Waals surface area (Å²) in [5.41, 5.74) is 2.93. The summed E-state index contributed by atoms with van der Waals surface area (Å²) < 4.78 is 5.16. The van der Waals surface area contributed by atoms with Crippen LogP contribution in [0.25, 0.3) is 0 Å². The van der Waals surface area contributed by atoms with Gasteiger partial charge < -0.3 is 14.5 Å². The molecule has 0 spiro atoms. The fourth-order valence-electron chi connectivity index (χ4n) is 3.29. The van der Waals surface area contributed by atoms with E-state index in [4.69, 9.17) is 4.74 Å². The average Bonchev–Trinajstić information content (AvgIpc) is 2.70. The van der Waals surface area contributed by atoms with Crippen LogP contribution in [0.1, 0.15) is 34.8 Å². The third kappa shape index (κ3) is 4.67. The van der Waals surface area contributed by atoms with E-state index in [1.807, 2.05) is 48.5 Å². The molecular weight excluding hydrogens is 340 g/mol. The number of benzene rings is 2. The minimum atomic E-state index is -0.0736. The van der Waals surface area contributed by atoms with E-state index in [0.29, 0.717) is 25.2 Å². The zero-order valence-corrected chi connectivity index (χ0v) is 16.0. The van der Waals surface area contributed by atoms with Crippen LogP contribution in [0.4, 0.5) is 0 Å². The maximum atomic E-state index is 12.7. The van der Waals surface area contributed by atoms with Gasteiger partial charge in [-0.1, -0.05) is 37.6 Å². The van der Waals surface area contributed by atoms with Gasteiger partial charge in [0, 0.05) is 25.2 Å². The average molecular weight is 366 g/mol. The van der Waals surface area contributed by atoms with Gasteiger partial charge in [-0.2, -0.15) is 0 Å². The van der Waals surface area contributed by atoms with Gasteiger partial charge in [0.15, 0.2) is 0 Å². The van der Waals surface area contributed by atoms with E-state index in [1.54, 1.807) is 16.9 Å². The summed E-state index contributed by atoms with van der Waals surface area (Å²) >= 11 is 0. The molecule has 2 aromatic carbocycles. The summed E-state index contributed by atoms with van der Waals surface area (Å²) in [6, 6.07) is 15.4. The second-order valence-corrected chi connectivity index (χ2v) is 6.84. The largest absolute Gasteiger partial charge is 0.497 e. The minimum Gasteiger partial charge on any atom is -0.497 e. The standard InChI is InChI=1S/C22H26N2O3/c1-3-4-17-5-9-19(10-6-17)22(26)24-14-13-23(21(25)16-24)15-18-7-11-20(27-2)12-8-18/h5-12H,3-4,13-16H2,1-2H3. The molecule has 0 saturated carbocycles. The van der Waals surface area contributed by atoms with Gasteiger partial charge in [0.25, 0.3) is 5.91 Å². The van der Waals surface area contributed by atoms with Gasteiger partial charge in [0.2, 0.25) is 5.91 Å². The molecule has 2 aromatic rings. The van der Waals surface area contributed by atoms with Crippen molar-refractivity contribution in [2.75, 3.05) is 26.7 Å². The van der Waals surface area contributed by atoms with Crippen molar-refractivity contribution in [3.63, 3.8) is 0 Å². The van der Waals surface area contributed by atoms with Crippen LogP contribution in [0.3, 0.4) is 0 Å². The number of carbonyl (C=O) groups excluding carboxylic acids is 2. The van der Waals surface area contributed by atoms with E-state index < -0.39 is 0 Å². The summed E-state index contributed by atoms with van der Waals surface area (Å²) in [6.07, 6.45) is 2.09. The van der Waals surface area contributed by atoms with Gasteiger partial charge in [-0.25, -0.2) is 0 Å². The topological polar surface area (TPSA) is 49.9 Å². The van der Waals surface area contributed by atoms with E-state index in [0.717, 1.165) is 24.2 Å². The minimum absolute atomic E-state index is 0.0204. The lowest BCUT2D eigenvalue weighted by molar-refractivity contribution is -0.135. The molecule has 1 saturated heterocycles. The first-order chi connectivity index (χ1) is 13.1. The van der Waals surface area contributed by atoms with Crippen LogP contribution in [0.5, 0.6) is 5.75 Å². The first-order valence-corrected chi connectivity index (χ1v) is 9.39. The number of ether oxygens (including phenoxy) is 1. The van der Waals surface area contributed by atoms with Crippen LogP contribution < -0.4 is 4.74 Å². The van der Waals surface area contributed by atoms with Crippen LogP contribution in [0.15, 0.2) is 48.5 Å². The van der Waals surface area contributed by atoms with Gasteiger partial charge in [0.1, 0.15) is 12.3 Å². The quantitative estimate of drug-likeness (QED) is 0.789. The van der Waals surface area contributed by atoms with Crippen molar-refractivity contribution < 1.29 is 14.3 Å². The molecule has 0 unspecified atom stereocenters. The van der Waals surface area contributed by atoms with Crippen LogP contribution in [0, 0.1) is 0 Å². The smallest absolute Gasteiger partial charge is 0.254 e. The van der Waals surface area contributed by atoms with Crippen LogP contribution in [-0.2, 0) is 17.8 Å². The molecule has 0 aliphatic carbocycles. The summed E-state index contributed by atoms with van der Waals surface area (Å²) in [7, 11) is 1.63. The highest BCUT2D eigenvalue weighted by atomic mass is 16.5. The van der Waals surface area contributed by atoms with Crippen molar-refractivity contribution in [1.82, 2.24) is 9.80 Å². The number of carbonyl (C=O) groups is 2. The lowest BCUT2D eigenvalue weighted by Crippen LogP contribution is -2.51. The second-order valence-electron chi connectivity index (χ2n) is 6.84. The Morgan fingerprint density at radius 1 is 1.00 bits per heavy atom. The molecule has 1 fully saturated rings. The van der Waals surface area contributed by atoms with Gasteiger partial charge >= 0.3 is 0 Å². The second kappa shape index (κ2) is 8.71. The number of aryl methyl sites for hydroxylation is 1. The van der Waals surface area contributed by atoms with Crippen molar-refractivity contribution in [3.05, 3.63) is 65.2 Å². The lowest BCUT2D eigenvalue weighted by Gasteiger charge is -2.34. The molecule has 2 amide bonds. The highest BCUT2D eigenvalue weighted by Gasteiger charge is 2.27. The van der Waals surface area contributed by atoms with Crippen LogP contribution >= 0.6 is 0 Å². The Kier molecular flexibility index (Phi) is 6.12. The van der Waals surface area contributed by atoms with Crippen molar-refractivity contribution >= 4 is 11.8 Å². The zero-order valence-electron chi connectivity index (χ0n) is 16.0. The van der Waals surface area contributed by atoms with Crippen molar-refractivity contribution in [2.45, 2.75) is 26.3 Å². The molecule has 5 nitrogen and oxygen atoms in total. The number of hydrogen-bond donors (Lipinski definition) is 0. The fourth-order valence-corrected chi connectivity index (χ4v) is 3.29. The van der Waals surface area contributed by atoms with E-state index in [2.05, 4.69) is 6.92 Å². The summed E-state index contributed by atoms with van der Waals surface area (Å²) in [6.45, 7) is 3.92. The Hall–Kier alpha value is -2.82. The molecule has 1 aliphatic rings. The normalized spacial score (nSPS) is 14.4. The number of piperazine rings is 1. The first-order valence-electron chi connectivity index (χ1n) is 9.39. The van der Waals surface area contributed by atoms with Gasteiger partial charge in [-0.15, -0.1) is 0 Å². The third-order valence-electron chi connectivity index (χ3n) is 4.88. The van der Waals surface area contributed by atoms with Crippen molar-refractivity contribution in [3.8, 4) is 5.75 Å². The van der Waals surface area contributed by atoms with E-state index >= 15 is 0 Å². The number of rotatable bonds is 6. The summed E-state index contributed by atoms with van der Waals surface area (Å²) in [5, 5.41) is 0. The maximum Gasteiger partial charge on any atom is 0.254 e. The molecule has 0 N–H and O–H groups in total. The number of nitrogens with zero attached hydrogens (tertiary/aromatic N) is 2. The Morgan fingerprint density at radius 3 is 2.26 bits per heavy atom. The fraction of sp³-hybridized carbons (Fsp3) is 0.364. The van der Waals surface area contributed by atoms with E-state index in [1.165, 1.54) is 5.56 Å². The molecule has 0 radical (unpaired) electrons. The number of amides is 2. The first kappa shape index (κ1) is 19.0. The highest BCUT2D eigenvalue weighted by molar-refractivity contribution is 5.97. The summed E-state index contributed by atoms with van der Waals surface area (Å²) in [5.74, 6) is 0.703. The Balaban J connectivity index is 1.58. The van der Waals surface area contributed by atoms with Crippen LogP contribution in [0.2, 0.25) is 0 Å². The van der Waals surface area contributed by atoms with Crippen molar-refractivity contribution in [1.29, 1.82) is 0 Å². The molecule has 0 atom stereocenters. The lowest BCUT2D eigenvalue weighted by atomic mass is 10.1. The predicted molar refractivity (Wildman–Crippen MR) is 105 cm³/mol. The number of hydrogen-bond acceptors (Lipinski definition) is 3. The van der Waals surface area contributed by atoms with Crippen molar-refractivity contribution in [2.24, 2.45) is 0 Å². The molecule has 0 bridgehead atoms. The summed E-state index contributed by atoms with van der Waals surface area (Å²) in [4.78, 5) is 28.6. The van der Waals surface area contributed by atoms with Crippen LogP contribution in [-0.4, -0.2) is 48.4 Å². The van der Waals surface area contributed by atoms with E-state index in [-0.39, 0.29) is 18.4 Å². The molecule has 1 heterocycles. The van der Waals surface area contributed by atoms with Gasteiger partial charge in [-0.05, 0) is 41.8 Å². The predicted octanol–water partition coefficient (Wildman–Crippen LogP) is 3.13. The van der Waals surface area contributed by atoms with E-state index in [9.17, 15) is 9.59 Å². The molecule has 1 aliphatic heterocycles. The highest BCUT2D eigenvalue weighted by Crippen LogP contribution is 2.16. The zero-order chi connectivity index (χ0) is 19.2. The third-order valence-corrected chi connectivity index (χ3v) is 4.88. The maximum absolute atomic E-state index is 12.7. The molecule has 3 rings (SSSR count). The number of methoxy groups -OCH3 is 1.